The number of aryl methyl sites for hydroxylation is 2. The number of hydrogen-bond acceptors (Lipinski definition) is 6. The summed E-state index contributed by atoms with van der Waals surface area (Å²) in [6, 6.07) is 8.01. The number of nitrogens with zero attached hydrogens (tertiary/aromatic N) is 4. The van der Waals surface area contributed by atoms with E-state index in [-0.39, 0.29) is 5.91 Å². The van der Waals surface area contributed by atoms with Gasteiger partial charge in [0, 0.05) is 30.5 Å². The van der Waals surface area contributed by atoms with Gasteiger partial charge < -0.3 is 9.42 Å². The van der Waals surface area contributed by atoms with Gasteiger partial charge in [0.05, 0.1) is 5.01 Å². The Kier molecular flexibility index (Phi) is 5.03. The molecule has 1 atom stereocenters. The Morgan fingerprint density at radius 1 is 1.30 bits per heavy atom. The fraction of sp³-hybridized carbons (Fsp3) is 0.400. The first-order chi connectivity index (χ1) is 13.1. The number of hydrogen-bond donors (Lipinski definition) is 0. The Morgan fingerprint density at radius 3 is 2.93 bits per heavy atom. The van der Waals surface area contributed by atoms with E-state index in [9.17, 15) is 4.79 Å². The number of thiazole rings is 1. The van der Waals surface area contributed by atoms with Crippen molar-refractivity contribution >= 4 is 17.2 Å². The molecule has 4 rings (SSSR count). The number of amides is 1. The van der Waals surface area contributed by atoms with Gasteiger partial charge in [0.1, 0.15) is 5.69 Å². The van der Waals surface area contributed by atoms with E-state index in [1.165, 1.54) is 11.3 Å². The molecule has 3 aromatic rings. The molecule has 0 spiro atoms. The van der Waals surface area contributed by atoms with Gasteiger partial charge in [0.25, 0.3) is 5.91 Å². The summed E-state index contributed by atoms with van der Waals surface area (Å²) in [5, 5.41) is 6.90. The summed E-state index contributed by atoms with van der Waals surface area (Å²) < 4.78 is 5.49. The molecule has 1 fully saturated rings. The molecule has 1 unspecified atom stereocenters. The number of carbonyl (C=O) groups excluding carboxylic acids is 1. The largest absolute Gasteiger partial charge is 0.339 e. The quantitative estimate of drug-likeness (QED) is 0.684. The standard InChI is InChI=1S/C20H22N4O2S/c1-13-6-3-4-8-16(13)19-22-18(26-23-19)10-15-7-5-9-24(11-15)20(25)17-12-27-14(2)21-17/h3-4,6,8,12,15H,5,7,9-11H2,1-2H3. The third kappa shape index (κ3) is 3.93. The molecule has 1 aliphatic heterocycles. The number of piperidine rings is 1. The van der Waals surface area contributed by atoms with Crippen LogP contribution in [0.4, 0.5) is 0 Å². The Morgan fingerprint density at radius 2 is 2.15 bits per heavy atom. The number of benzene rings is 1. The van der Waals surface area contributed by atoms with Crippen molar-refractivity contribution in [2.75, 3.05) is 13.1 Å². The van der Waals surface area contributed by atoms with Crippen LogP contribution in [0, 0.1) is 19.8 Å². The van der Waals surface area contributed by atoms with E-state index in [1.54, 1.807) is 0 Å². The molecule has 0 aliphatic carbocycles. The van der Waals surface area contributed by atoms with E-state index < -0.39 is 0 Å². The van der Waals surface area contributed by atoms with Gasteiger partial charge in [-0.1, -0.05) is 29.4 Å². The average Bonchev–Trinajstić information content (AvgIpc) is 3.31. The molecule has 140 valence electrons. The van der Waals surface area contributed by atoms with Crippen LogP contribution in [-0.2, 0) is 6.42 Å². The van der Waals surface area contributed by atoms with Crippen LogP contribution >= 0.6 is 11.3 Å². The lowest BCUT2D eigenvalue weighted by atomic mass is 9.94. The van der Waals surface area contributed by atoms with Crippen molar-refractivity contribution in [1.82, 2.24) is 20.0 Å². The predicted octanol–water partition coefficient (Wildman–Crippen LogP) is 3.90. The highest BCUT2D eigenvalue weighted by molar-refractivity contribution is 7.09. The van der Waals surface area contributed by atoms with Crippen molar-refractivity contribution in [3.63, 3.8) is 0 Å². The second-order valence-corrected chi connectivity index (χ2v) is 8.10. The molecular formula is C20H22N4O2S. The van der Waals surface area contributed by atoms with Crippen LogP contribution in [0.2, 0.25) is 0 Å². The first-order valence-electron chi connectivity index (χ1n) is 9.20. The van der Waals surface area contributed by atoms with Gasteiger partial charge in [-0.15, -0.1) is 11.3 Å². The minimum absolute atomic E-state index is 0.0233. The first-order valence-corrected chi connectivity index (χ1v) is 10.1. The molecular weight excluding hydrogens is 360 g/mol. The second kappa shape index (κ2) is 7.60. The van der Waals surface area contributed by atoms with Crippen LogP contribution in [0.25, 0.3) is 11.4 Å². The molecule has 1 saturated heterocycles. The maximum absolute atomic E-state index is 12.7. The van der Waals surface area contributed by atoms with Crippen molar-refractivity contribution in [2.45, 2.75) is 33.1 Å². The Labute approximate surface area is 162 Å². The number of rotatable bonds is 4. The molecule has 0 bridgehead atoms. The molecule has 1 amide bonds. The maximum Gasteiger partial charge on any atom is 0.273 e. The molecule has 0 saturated carbocycles. The second-order valence-electron chi connectivity index (χ2n) is 7.04. The van der Waals surface area contributed by atoms with Crippen LogP contribution in [0.5, 0.6) is 0 Å². The van der Waals surface area contributed by atoms with Gasteiger partial charge in [-0.25, -0.2) is 4.98 Å². The van der Waals surface area contributed by atoms with Crippen molar-refractivity contribution in [1.29, 1.82) is 0 Å². The van der Waals surface area contributed by atoms with Gasteiger partial charge in [-0.3, -0.25) is 4.79 Å². The highest BCUT2D eigenvalue weighted by atomic mass is 32.1. The molecule has 1 aliphatic rings. The lowest BCUT2D eigenvalue weighted by Crippen LogP contribution is -2.40. The zero-order valence-electron chi connectivity index (χ0n) is 15.5. The van der Waals surface area contributed by atoms with Crippen molar-refractivity contribution in [3.8, 4) is 11.4 Å². The van der Waals surface area contributed by atoms with Crippen LogP contribution in [0.1, 0.15) is 39.8 Å². The summed E-state index contributed by atoms with van der Waals surface area (Å²) in [7, 11) is 0. The SMILES string of the molecule is Cc1nc(C(=O)N2CCCC(Cc3nc(-c4ccccc4C)no3)C2)cs1. The zero-order valence-corrected chi connectivity index (χ0v) is 16.3. The molecule has 0 N–H and O–H groups in total. The molecule has 3 heterocycles. The van der Waals surface area contributed by atoms with E-state index in [4.69, 9.17) is 4.52 Å². The summed E-state index contributed by atoms with van der Waals surface area (Å²) in [4.78, 5) is 23.5. The third-order valence-electron chi connectivity index (χ3n) is 4.96. The van der Waals surface area contributed by atoms with E-state index >= 15 is 0 Å². The van der Waals surface area contributed by atoms with E-state index in [0.29, 0.717) is 36.3 Å². The summed E-state index contributed by atoms with van der Waals surface area (Å²) in [6.45, 7) is 5.44. The fourth-order valence-electron chi connectivity index (χ4n) is 3.56. The lowest BCUT2D eigenvalue weighted by Gasteiger charge is -2.31. The van der Waals surface area contributed by atoms with Gasteiger partial charge in [-0.2, -0.15) is 4.98 Å². The summed E-state index contributed by atoms with van der Waals surface area (Å²) >= 11 is 1.51. The molecule has 0 radical (unpaired) electrons. The van der Waals surface area contributed by atoms with Crippen LogP contribution in [0.3, 0.4) is 0 Å². The van der Waals surface area contributed by atoms with Crippen molar-refractivity contribution < 1.29 is 9.32 Å². The predicted molar refractivity (Wildman–Crippen MR) is 104 cm³/mol. The zero-order chi connectivity index (χ0) is 18.8. The number of carbonyl (C=O) groups is 1. The van der Waals surface area contributed by atoms with E-state index in [0.717, 1.165) is 35.5 Å². The highest BCUT2D eigenvalue weighted by Gasteiger charge is 2.27. The smallest absolute Gasteiger partial charge is 0.273 e. The topological polar surface area (TPSA) is 72.1 Å². The van der Waals surface area contributed by atoms with Crippen LogP contribution in [0.15, 0.2) is 34.2 Å². The molecule has 1 aromatic carbocycles. The minimum atomic E-state index is 0.0233. The first kappa shape index (κ1) is 17.9. The van der Waals surface area contributed by atoms with Gasteiger partial charge >= 0.3 is 0 Å². The van der Waals surface area contributed by atoms with Crippen molar-refractivity contribution in [3.05, 3.63) is 51.8 Å². The Bertz CT molecular complexity index is 949. The number of likely N-dealkylation sites (tertiary alicyclic amines) is 1. The maximum atomic E-state index is 12.7. The molecule has 7 heteroatoms. The van der Waals surface area contributed by atoms with Gasteiger partial charge in [0.15, 0.2) is 0 Å². The summed E-state index contributed by atoms with van der Waals surface area (Å²) in [6.07, 6.45) is 2.74. The monoisotopic (exact) mass is 382 g/mol. The Hall–Kier alpha value is -2.54. The van der Waals surface area contributed by atoms with Gasteiger partial charge in [-0.05, 0) is 38.2 Å². The normalized spacial score (nSPS) is 17.3. The summed E-state index contributed by atoms with van der Waals surface area (Å²) in [5.41, 5.74) is 2.67. The minimum Gasteiger partial charge on any atom is -0.339 e. The number of aromatic nitrogens is 3. The summed E-state index contributed by atoms with van der Waals surface area (Å²) in [5.74, 6) is 1.62. The van der Waals surface area contributed by atoms with Crippen LogP contribution < -0.4 is 0 Å². The van der Waals surface area contributed by atoms with Crippen molar-refractivity contribution in [2.24, 2.45) is 5.92 Å². The highest BCUT2D eigenvalue weighted by Crippen LogP contribution is 2.24. The van der Waals surface area contributed by atoms with E-state index in [2.05, 4.69) is 15.1 Å². The molecule has 6 nitrogen and oxygen atoms in total. The molecule has 27 heavy (non-hydrogen) atoms. The fourth-order valence-corrected chi connectivity index (χ4v) is 4.14. The van der Waals surface area contributed by atoms with E-state index in [1.807, 2.05) is 48.4 Å². The molecule has 2 aromatic heterocycles. The average molecular weight is 382 g/mol. The van der Waals surface area contributed by atoms with Crippen LogP contribution in [-0.4, -0.2) is 39.0 Å². The Balaban J connectivity index is 1.43. The lowest BCUT2D eigenvalue weighted by molar-refractivity contribution is 0.0663. The van der Waals surface area contributed by atoms with Gasteiger partial charge in [0.2, 0.25) is 11.7 Å². The third-order valence-corrected chi connectivity index (χ3v) is 5.74.